The minimum Gasteiger partial charge on any atom is -0.507 e. The molecular weight excluding hydrogens is 346 g/mol. The summed E-state index contributed by atoms with van der Waals surface area (Å²) in [5.74, 6) is -0.793. The van der Waals surface area contributed by atoms with E-state index in [4.69, 9.17) is 4.74 Å². The number of rotatable bonds is 7. The number of hydrogen-bond acceptors (Lipinski definition) is 6. The lowest BCUT2D eigenvalue weighted by molar-refractivity contribution is 0.0971. The van der Waals surface area contributed by atoms with Crippen molar-refractivity contribution in [2.45, 2.75) is 32.4 Å². The first-order valence-electron chi connectivity index (χ1n) is 9.02. The molecule has 6 nitrogen and oxygen atoms in total. The number of ketones is 2. The van der Waals surface area contributed by atoms with Crippen LogP contribution in [0.25, 0.3) is 0 Å². The zero-order chi connectivity index (χ0) is 19.6. The summed E-state index contributed by atoms with van der Waals surface area (Å²) in [6.07, 6.45) is 0.208. The molecule has 0 aromatic heterocycles. The zero-order valence-electron chi connectivity index (χ0n) is 15.4. The first-order chi connectivity index (χ1) is 12.9. The summed E-state index contributed by atoms with van der Waals surface area (Å²) < 4.78 is 5.54. The predicted molar refractivity (Wildman–Crippen MR) is 101 cm³/mol. The summed E-state index contributed by atoms with van der Waals surface area (Å²) in [6, 6.07) is 9.56. The molecule has 0 heterocycles. The van der Waals surface area contributed by atoms with Crippen LogP contribution < -0.4 is 10.1 Å². The molecular formula is C21H23NO5. The van der Waals surface area contributed by atoms with E-state index in [0.717, 1.165) is 6.42 Å². The van der Waals surface area contributed by atoms with Crippen LogP contribution in [0.1, 0.15) is 52.1 Å². The third kappa shape index (κ3) is 3.86. The third-order valence-corrected chi connectivity index (χ3v) is 4.74. The average molecular weight is 369 g/mol. The van der Waals surface area contributed by atoms with Crippen molar-refractivity contribution in [2.24, 2.45) is 0 Å². The van der Waals surface area contributed by atoms with Crippen LogP contribution in [0.4, 0.5) is 0 Å². The number of aliphatic hydroxyl groups excluding tert-OH is 1. The maximum absolute atomic E-state index is 12.7. The molecule has 0 bridgehead atoms. The lowest BCUT2D eigenvalue weighted by Crippen LogP contribution is -2.36. The maximum atomic E-state index is 12.7. The fraction of sp³-hybridized carbons (Fsp3) is 0.333. The van der Waals surface area contributed by atoms with Gasteiger partial charge in [-0.2, -0.15) is 0 Å². The van der Waals surface area contributed by atoms with E-state index in [2.05, 4.69) is 5.32 Å². The second-order valence-electron chi connectivity index (χ2n) is 6.75. The fourth-order valence-electron chi connectivity index (χ4n) is 2.99. The molecule has 0 radical (unpaired) electrons. The topological polar surface area (TPSA) is 95.9 Å². The van der Waals surface area contributed by atoms with Gasteiger partial charge in [0, 0.05) is 35.3 Å². The minimum absolute atomic E-state index is 0.000382. The summed E-state index contributed by atoms with van der Waals surface area (Å²) >= 11 is 0. The number of carbonyl (C=O) groups is 2. The standard InChI is InChI=1S/C21H23NO5/c1-3-12(2)22-10-13(23)11-27-14-8-17-19(18(24)9-14)21(26)16-7-5-4-6-15(16)20(17)25/h4-9,12-13,22-24H,3,10-11H2,1-2H3. The number of phenolic OH excluding ortho intramolecular Hbond substituents is 1. The Kier molecular flexibility index (Phi) is 5.58. The Morgan fingerprint density at radius 3 is 2.41 bits per heavy atom. The Morgan fingerprint density at radius 1 is 1.07 bits per heavy atom. The van der Waals surface area contributed by atoms with E-state index >= 15 is 0 Å². The van der Waals surface area contributed by atoms with Gasteiger partial charge in [0.1, 0.15) is 24.2 Å². The van der Waals surface area contributed by atoms with E-state index in [-0.39, 0.29) is 52.4 Å². The molecule has 2 aromatic carbocycles. The molecule has 0 saturated heterocycles. The highest BCUT2D eigenvalue weighted by molar-refractivity contribution is 6.29. The number of carbonyl (C=O) groups excluding carboxylic acids is 2. The molecule has 0 saturated carbocycles. The van der Waals surface area contributed by atoms with Gasteiger partial charge >= 0.3 is 0 Å². The van der Waals surface area contributed by atoms with Crippen molar-refractivity contribution in [1.29, 1.82) is 0 Å². The van der Waals surface area contributed by atoms with Crippen LogP contribution >= 0.6 is 0 Å². The number of ether oxygens (including phenoxy) is 1. The summed E-state index contributed by atoms with van der Waals surface area (Å²) in [4.78, 5) is 25.4. The van der Waals surface area contributed by atoms with Gasteiger partial charge in [-0.05, 0) is 19.4 Å². The van der Waals surface area contributed by atoms with Crippen LogP contribution in [0.15, 0.2) is 36.4 Å². The van der Waals surface area contributed by atoms with Gasteiger partial charge in [0.25, 0.3) is 0 Å². The summed E-state index contributed by atoms with van der Waals surface area (Å²) in [6.45, 7) is 4.44. The number of hydrogen-bond donors (Lipinski definition) is 3. The molecule has 0 fully saturated rings. The van der Waals surface area contributed by atoms with Gasteiger partial charge in [-0.1, -0.05) is 31.2 Å². The van der Waals surface area contributed by atoms with E-state index in [9.17, 15) is 19.8 Å². The highest BCUT2D eigenvalue weighted by Crippen LogP contribution is 2.35. The molecule has 2 aromatic rings. The lowest BCUT2D eigenvalue weighted by atomic mass is 9.83. The number of aromatic hydroxyl groups is 1. The Labute approximate surface area is 157 Å². The lowest BCUT2D eigenvalue weighted by Gasteiger charge is -2.20. The van der Waals surface area contributed by atoms with Crippen LogP contribution in [-0.2, 0) is 0 Å². The predicted octanol–water partition coefficient (Wildman–Crippen LogP) is 2.30. The molecule has 1 aliphatic rings. The average Bonchev–Trinajstić information content (AvgIpc) is 2.68. The van der Waals surface area contributed by atoms with Crippen molar-refractivity contribution in [3.63, 3.8) is 0 Å². The molecule has 27 heavy (non-hydrogen) atoms. The first-order valence-corrected chi connectivity index (χ1v) is 9.02. The molecule has 0 aliphatic heterocycles. The molecule has 2 unspecified atom stereocenters. The first kappa shape index (κ1) is 19.1. The number of benzene rings is 2. The second-order valence-corrected chi connectivity index (χ2v) is 6.75. The quantitative estimate of drug-likeness (QED) is 0.591. The third-order valence-electron chi connectivity index (χ3n) is 4.74. The molecule has 0 amide bonds. The van der Waals surface area contributed by atoms with E-state index in [0.29, 0.717) is 12.1 Å². The molecule has 3 N–H and O–H groups in total. The minimum atomic E-state index is -0.741. The fourth-order valence-corrected chi connectivity index (χ4v) is 2.99. The Bertz CT molecular complexity index is 877. The van der Waals surface area contributed by atoms with Crippen LogP contribution in [0.3, 0.4) is 0 Å². The number of phenols is 1. The number of aliphatic hydroxyl groups is 1. The Balaban J connectivity index is 1.78. The normalized spacial score (nSPS) is 15.1. The van der Waals surface area contributed by atoms with Gasteiger partial charge in [-0.25, -0.2) is 0 Å². The largest absolute Gasteiger partial charge is 0.507 e. The number of nitrogens with one attached hydrogen (secondary N) is 1. The molecule has 6 heteroatoms. The highest BCUT2D eigenvalue weighted by Gasteiger charge is 2.32. The Morgan fingerprint density at radius 2 is 1.74 bits per heavy atom. The molecule has 1 aliphatic carbocycles. The molecule has 3 rings (SSSR count). The van der Waals surface area contributed by atoms with Crippen molar-refractivity contribution >= 4 is 11.6 Å². The highest BCUT2D eigenvalue weighted by atomic mass is 16.5. The van der Waals surface area contributed by atoms with E-state index in [1.165, 1.54) is 12.1 Å². The van der Waals surface area contributed by atoms with Crippen LogP contribution in [-0.4, -0.2) is 47.1 Å². The van der Waals surface area contributed by atoms with Crippen molar-refractivity contribution < 1.29 is 24.5 Å². The van der Waals surface area contributed by atoms with Crippen molar-refractivity contribution in [3.8, 4) is 11.5 Å². The summed E-state index contributed by atoms with van der Waals surface area (Å²) in [7, 11) is 0. The van der Waals surface area contributed by atoms with Crippen LogP contribution in [0, 0.1) is 0 Å². The summed E-state index contributed by atoms with van der Waals surface area (Å²) in [5, 5.41) is 23.5. The SMILES string of the molecule is CCC(C)NCC(O)COc1cc(O)c2c(c1)C(=O)c1ccccc1C2=O. The smallest absolute Gasteiger partial charge is 0.198 e. The van der Waals surface area contributed by atoms with Crippen molar-refractivity contribution in [3.05, 3.63) is 58.7 Å². The van der Waals surface area contributed by atoms with Gasteiger partial charge in [-0.15, -0.1) is 0 Å². The van der Waals surface area contributed by atoms with Gasteiger partial charge < -0.3 is 20.3 Å². The molecule has 2 atom stereocenters. The Hall–Kier alpha value is -2.70. The van der Waals surface area contributed by atoms with Crippen LogP contribution in [0.2, 0.25) is 0 Å². The monoisotopic (exact) mass is 369 g/mol. The van der Waals surface area contributed by atoms with Gasteiger partial charge in [0.05, 0.1) is 5.56 Å². The zero-order valence-corrected chi connectivity index (χ0v) is 15.4. The maximum Gasteiger partial charge on any atom is 0.198 e. The van der Waals surface area contributed by atoms with Crippen molar-refractivity contribution in [2.75, 3.05) is 13.2 Å². The van der Waals surface area contributed by atoms with E-state index < -0.39 is 6.10 Å². The van der Waals surface area contributed by atoms with Gasteiger partial charge in [-0.3, -0.25) is 9.59 Å². The van der Waals surface area contributed by atoms with Gasteiger partial charge in [0.15, 0.2) is 11.6 Å². The van der Waals surface area contributed by atoms with E-state index in [1.54, 1.807) is 24.3 Å². The van der Waals surface area contributed by atoms with E-state index in [1.807, 2.05) is 13.8 Å². The van der Waals surface area contributed by atoms with Gasteiger partial charge in [0.2, 0.25) is 0 Å². The summed E-state index contributed by atoms with van der Waals surface area (Å²) in [5.41, 5.74) is 0.695. The number of fused-ring (bicyclic) bond motifs is 2. The van der Waals surface area contributed by atoms with Crippen LogP contribution in [0.5, 0.6) is 11.5 Å². The van der Waals surface area contributed by atoms with Crippen molar-refractivity contribution in [1.82, 2.24) is 5.32 Å². The second kappa shape index (κ2) is 7.90. The molecule has 0 spiro atoms. The molecule has 142 valence electrons.